The monoisotopic (exact) mass is 646 g/mol. The van der Waals surface area contributed by atoms with Crippen LogP contribution >= 0.6 is 0 Å². The molecular formula is C43H57F3O. The second kappa shape index (κ2) is 18.1. The van der Waals surface area contributed by atoms with Crippen LogP contribution in [-0.2, 0) is 0 Å². The molecule has 0 unspecified atom stereocenters. The Morgan fingerprint density at radius 1 is 0.574 bits per heavy atom. The number of ether oxygens (including phenoxy) is 1. The Morgan fingerprint density at radius 2 is 1.17 bits per heavy atom. The molecule has 3 aromatic rings. The number of rotatable bonds is 16. The standard InChI is InChI=1S/C43H57F3O/c1-3-5-7-9-10-12-31-13-15-32(16-14-31)33-17-21-35(22-18-33)38-26-25-37(30-40(38)44)34-19-23-36(24-20-34)39-27-28-41(43(46)42(39)45)47-29-11-8-6-4-2/h19-20,23-28,30-33,35H,3-18,21-22,29H2,1-2H3. The number of benzene rings is 3. The maximum atomic E-state index is 15.5. The van der Waals surface area contributed by atoms with Crippen molar-refractivity contribution in [2.75, 3.05) is 6.61 Å². The summed E-state index contributed by atoms with van der Waals surface area (Å²) in [6.07, 6.45) is 22.7. The van der Waals surface area contributed by atoms with Crippen molar-refractivity contribution >= 4 is 0 Å². The number of halogens is 3. The van der Waals surface area contributed by atoms with Gasteiger partial charge in [0.15, 0.2) is 11.6 Å². The van der Waals surface area contributed by atoms with E-state index in [1.165, 1.54) is 83.1 Å². The van der Waals surface area contributed by atoms with Crippen LogP contribution in [-0.4, -0.2) is 6.61 Å². The smallest absolute Gasteiger partial charge is 0.201 e. The van der Waals surface area contributed by atoms with Gasteiger partial charge in [0.2, 0.25) is 5.82 Å². The molecule has 2 fully saturated rings. The van der Waals surface area contributed by atoms with Gasteiger partial charge in [-0.05, 0) is 109 Å². The van der Waals surface area contributed by atoms with Crippen LogP contribution in [0.3, 0.4) is 0 Å². The summed E-state index contributed by atoms with van der Waals surface area (Å²) in [7, 11) is 0. The molecule has 0 saturated heterocycles. The molecule has 256 valence electrons. The summed E-state index contributed by atoms with van der Waals surface area (Å²) in [4.78, 5) is 0. The lowest BCUT2D eigenvalue weighted by Gasteiger charge is -2.38. The van der Waals surface area contributed by atoms with Crippen LogP contribution in [0.4, 0.5) is 13.2 Å². The summed E-state index contributed by atoms with van der Waals surface area (Å²) in [6.45, 7) is 4.79. The molecular weight excluding hydrogens is 589 g/mol. The van der Waals surface area contributed by atoms with Gasteiger partial charge >= 0.3 is 0 Å². The van der Waals surface area contributed by atoms with E-state index < -0.39 is 11.6 Å². The van der Waals surface area contributed by atoms with Crippen molar-refractivity contribution < 1.29 is 17.9 Å². The molecule has 3 aromatic carbocycles. The Balaban J connectivity index is 1.11. The fourth-order valence-electron chi connectivity index (χ4n) is 8.34. The van der Waals surface area contributed by atoms with Gasteiger partial charge in [-0.2, -0.15) is 4.39 Å². The van der Waals surface area contributed by atoms with Crippen LogP contribution in [0.5, 0.6) is 5.75 Å². The van der Waals surface area contributed by atoms with E-state index in [2.05, 4.69) is 13.8 Å². The largest absolute Gasteiger partial charge is 0.490 e. The van der Waals surface area contributed by atoms with Crippen molar-refractivity contribution in [1.82, 2.24) is 0 Å². The fourth-order valence-corrected chi connectivity index (χ4v) is 8.34. The van der Waals surface area contributed by atoms with Gasteiger partial charge < -0.3 is 4.74 Å². The molecule has 5 rings (SSSR count). The molecule has 0 radical (unpaired) electrons. The molecule has 0 bridgehead atoms. The minimum Gasteiger partial charge on any atom is -0.490 e. The van der Waals surface area contributed by atoms with E-state index in [9.17, 15) is 8.78 Å². The van der Waals surface area contributed by atoms with E-state index in [0.29, 0.717) is 18.1 Å². The van der Waals surface area contributed by atoms with Crippen LogP contribution in [0.2, 0.25) is 0 Å². The third-order valence-corrected chi connectivity index (χ3v) is 11.3. The average Bonchev–Trinajstić information content (AvgIpc) is 3.10. The van der Waals surface area contributed by atoms with Crippen molar-refractivity contribution in [3.05, 3.63) is 77.6 Å². The lowest BCUT2D eigenvalue weighted by Crippen LogP contribution is -2.25. The highest BCUT2D eigenvalue weighted by Gasteiger charge is 2.32. The molecule has 0 atom stereocenters. The highest BCUT2D eigenvalue weighted by molar-refractivity contribution is 5.71. The van der Waals surface area contributed by atoms with Gasteiger partial charge in [-0.1, -0.05) is 121 Å². The summed E-state index contributed by atoms with van der Waals surface area (Å²) in [6, 6.07) is 16.0. The van der Waals surface area contributed by atoms with Crippen LogP contribution in [0.15, 0.2) is 54.6 Å². The molecule has 2 aliphatic carbocycles. The van der Waals surface area contributed by atoms with Gasteiger partial charge in [0.25, 0.3) is 0 Å². The van der Waals surface area contributed by atoms with Crippen LogP contribution in [0, 0.1) is 35.2 Å². The Morgan fingerprint density at radius 3 is 1.83 bits per heavy atom. The molecule has 2 aliphatic rings. The second-order valence-corrected chi connectivity index (χ2v) is 14.6. The molecule has 4 heteroatoms. The Bertz CT molecular complexity index is 1370. The lowest BCUT2D eigenvalue weighted by molar-refractivity contribution is 0.155. The highest BCUT2D eigenvalue weighted by atomic mass is 19.2. The second-order valence-electron chi connectivity index (χ2n) is 14.6. The lowest BCUT2D eigenvalue weighted by atomic mass is 9.68. The third-order valence-electron chi connectivity index (χ3n) is 11.3. The van der Waals surface area contributed by atoms with Crippen molar-refractivity contribution in [2.24, 2.45) is 17.8 Å². The zero-order valence-corrected chi connectivity index (χ0v) is 29.0. The van der Waals surface area contributed by atoms with Crippen LogP contribution in [0.1, 0.15) is 141 Å². The van der Waals surface area contributed by atoms with Crippen LogP contribution in [0.25, 0.3) is 22.3 Å². The van der Waals surface area contributed by atoms with E-state index in [-0.39, 0.29) is 17.1 Å². The van der Waals surface area contributed by atoms with E-state index in [1.54, 1.807) is 24.3 Å². The first-order valence-corrected chi connectivity index (χ1v) is 19.0. The normalized spacial score (nSPS) is 21.6. The van der Waals surface area contributed by atoms with Gasteiger partial charge in [0, 0.05) is 5.56 Å². The predicted octanol–water partition coefficient (Wildman–Crippen LogP) is 13.8. The van der Waals surface area contributed by atoms with Crippen molar-refractivity contribution in [1.29, 1.82) is 0 Å². The fraction of sp³-hybridized carbons (Fsp3) is 0.581. The maximum absolute atomic E-state index is 15.5. The first kappa shape index (κ1) is 35.6. The summed E-state index contributed by atoms with van der Waals surface area (Å²) in [5.41, 5.74) is 3.26. The van der Waals surface area contributed by atoms with Crippen molar-refractivity contribution in [3.8, 4) is 28.0 Å². The Kier molecular flexibility index (Phi) is 13.7. The van der Waals surface area contributed by atoms with E-state index in [1.807, 2.05) is 24.3 Å². The summed E-state index contributed by atoms with van der Waals surface area (Å²) < 4.78 is 50.8. The van der Waals surface area contributed by atoms with Gasteiger partial charge in [-0.15, -0.1) is 0 Å². The Labute approximate surface area is 282 Å². The van der Waals surface area contributed by atoms with Crippen LogP contribution < -0.4 is 4.74 Å². The molecule has 47 heavy (non-hydrogen) atoms. The summed E-state index contributed by atoms with van der Waals surface area (Å²) in [5, 5.41) is 0. The number of hydrogen-bond donors (Lipinski definition) is 0. The van der Waals surface area contributed by atoms with Gasteiger partial charge in [-0.3, -0.25) is 0 Å². The third kappa shape index (κ3) is 9.67. The molecule has 0 amide bonds. The van der Waals surface area contributed by atoms with Gasteiger partial charge in [0.1, 0.15) is 5.82 Å². The molecule has 0 aliphatic heterocycles. The highest BCUT2D eigenvalue weighted by Crippen LogP contribution is 2.45. The maximum Gasteiger partial charge on any atom is 0.201 e. The SMILES string of the molecule is CCCCCCCC1CCC(C2CCC(c3ccc(-c4ccc(-c5ccc(OCCCCCC)c(F)c5F)cc4)cc3F)CC2)CC1. The number of hydrogen-bond acceptors (Lipinski definition) is 1. The zero-order chi connectivity index (χ0) is 33.0. The van der Waals surface area contributed by atoms with Crippen molar-refractivity contribution in [2.45, 2.75) is 135 Å². The molecule has 0 aromatic heterocycles. The molecule has 1 nitrogen and oxygen atoms in total. The molecule has 0 spiro atoms. The number of unbranched alkanes of at least 4 members (excludes halogenated alkanes) is 7. The summed E-state index contributed by atoms with van der Waals surface area (Å²) in [5.74, 6) is 0.896. The van der Waals surface area contributed by atoms with Gasteiger partial charge in [-0.25, -0.2) is 8.78 Å². The zero-order valence-electron chi connectivity index (χ0n) is 29.0. The first-order valence-electron chi connectivity index (χ1n) is 19.0. The predicted molar refractivity (Wildman–Crippen MR) is 190 cm³/mol. The molecule has 0 heterocycles. The minimum atomic E-state index is -0.954. The minimum absolute atomic E-state index is 0.0469. The van der Waals surface area contributed by atoms with Crippen molar-refractivity contribution in [3.63, 3.8) is 0 Å². The van der Waals surface area contributed by atoms with E-state index in [4.69, 9.17) is 4.74 Å². The topological polar surface area (TPSA) is 9.23 Å². The molecule has 2 saturated carbocycles. The average molecular weight is 647 g/mol. The summed E-state index contributed by atoms with van der Waals surface area (Å²) >= 11 is 0. The molecule has 0 N–H and O–H groups in total. The van der Waals surface area contributed by atoms with E-state index >= 15 is 4.39 Å². The first-order chi connectivity index (χ1) is 23.0. The van der Waals surface area contributed by atoms with Gasteiger partial charge in [0.05, 0.1) is 6.61 Å². The quantitative estimate of drug-likeness (QED) is 0.141. The Hall–Kier alpha value is -2.75. The van der Waals surface area contributed by atoms with E-state index in [0.717, 1.165) is 73.0 Å².